The molecule has 0 bridgehead atoms. The van der Waals surface area contributed by atoms with E-state index in [0.29, 0.717) is 12.8 Å². The molecular formula is C41H66O10. The van der Waals surface area contributed by atoms with Gasteiger partial charge in [-0.1, -0.05) is 125 Å². The Kier molecular flexibility index (Phi) is 28.8. The second-order valence-corrected chi connectivity index (χ2v) is 12.7. The molecule has 0 aromatic carbocycles. The number of carbonyl (C=O) groups is 2. The lowest BCUT2D eigenvalue weighted by Crippen LogP contribution is -2.59. The first-order valence-corrected chi connectivity index (χ1v) is 19.1. The number of rotatable bonds is 29. The van der Waals surface area contributed by atoms with Gasteiger partial charge in [-0.3, -0.25) is 9.59 Å². The van der Waals surface area contributed by atoms with Crippen LogP contribution >= 0.6 is 0 Å². The van der Waals surface area contributed by atoms with Crippen molar-refractivity contribution < 1.29 is 49.0 Å². The Hall–Kier alpha value is -2.86. The highest BCUT2D eigenvalue weighted by molar-refractivity contribution is 5.70. The Morgan fingerprint density at radius 3 is 1.98 bits per heavy atom. The van der Waals surface area contributed by atoms with E-state index in [9.17, 15) is 30.0 Å². The van der Waals surface area contributed by atoms with Crippen molar-refractivity contribution in [2.45, 2.75) is 153 Å². The van der Waals surface area contributed by atoms with Crippen molar-refractivity contribution in [1.29, 1.82) is 0 Å². The van der Waals surface area contributed by atoms with Crippen LogP contribution in [0.5, 0.6) is 0 Å². The fourth-order valence-corrected chi connectivity index (χ4v) is 5.13. The van der Waals surface area contributed by atoms with Crippen molar-refractivity contribution >= 4 is 11.9 Å². The Bertz CT molecular complexity index is 1060. The number of hydrogen-bond acceptors (Lipinski definition) is 10. The van der Waals surface area contributed by atoms with Crippen LogP contribution in [0.25, 0.3) is 0 Å². The fraction of sp³-hybridized carbons (Fsp3) is 0.659. The molecule has 10 nitrogen and oxygen atoms in total. The van der Waals surface area contributed by atoms with Crippen molar-refractivity contribution in [3.8, 4) is 0 Å². The molecule has 10 heteroatoms. The van der Waals surface area contributed by atoms with Crippen LogP contribution in [0.1, 0.15) is 117 Å². The number of carbonyl (C=O) groups excluding carboxylic acids is 2. The molecule has 0 aromatic rings. The summed E-state index contributed by atoms with van der Waals surface area (Å²) in [5.41, 5.74) is 0. The molecule has 51 heavy (non-hydrogen) atoms. The Labute approximate surface area is 306 Å². The van der Waals surface area contributed by atoms with Gasteiger partial charge in [0.2, 0.25) is 0 Å². The van der Waals surface area contributed by atoms with Crippen LogP contribution in [0.15, 0.2) is 72.9 Å². The van der Waals surface area contributed by atoms with Gasteiger partial charge in [-0.2, -0.15) is 0 Å². The summed E-state index contributed by atoms with van der Waals surface area (Å²) in [6.45, 7) is 3.13. The van der Waals surface area contributed by atoms with Gasteiger partial charge in [-0.05, 0) is 51.4 Å². The lowest BCUT2D eigenvalue weighted by molar-refractivity contribution is -0.305. The van der Waals surface area contributed by atoms with Crippen LogP contribution in [-0.2, 0) is 28.5 Å². The third kappa shape index (κ3) is 24.1. The predicted octanol–water partition coefficient (Wildman–Crippen LogP) is 6.88. The van der Waals surface area contributed by atoms with E-state index >= 15 is 0 Å². The van der Waals surface area contributed by atoms with E-state index in [4.69, 9.17) is 18.9 Å². The van der Waals surface area contributed by atoms with E-state index in [-0.39, 0.29) is 26.1 Å². The highest BCUT2D eigenvalue weighted by Gasteiger charge is 2.44. The number of allylic oxidation sites excluding steroid dienone is 12. The zero-order chi connectivity index (χ0) is 37.4. The topological polar surface area (TPSA) is 152 Å². The van der Waals surface area contributed by atoms with Gasteiger partial charge < -0.3 is 39.4 Å². The number of ether oxygens (including phenoxy) is 4. The van der Waals surface area contributed by atoms with E-state index < -0.39 is 55.4 Å². The van der Waals surface area contributed by atoms with Gasteiger partial charge in [0.15, 0.2) is 12.4 Å². The third-order valence-corrected chi connectivity index (χ3v) is 8.18. The summed E-state index contributed by atoms with van der Waals surface area (Å²) in [4.78, 5) is 25.1. The average Bonchev–Trinajstić information content (AvgIpc) is 3.13. The minimum atomic E-state index is -1.61. The molecular weight excluding hydrogens is 652 g/mol. The van der Waals surface area contributed by atoms with Gasteiger partial charge >= 0.3 is 11.9 Å². The molecule has 0 amide bonds. The smallest absolute Gasteiger partial charge is 0.306 e. The SMILES string of the molecule is CC/C=C/C=C/C=C/C=C/CCCCCC(=O)OC(COC(=O)CC/C=C/C/C=C/CCCCCCCC)CO[C@H]1O[C@@H](CO)[C@@H](O)C(O)C1O. The summed E-state index contributed by atoms with van der Waals surface area (Å²) in [5.74, 6) is -0.942. The van der Waals surface area contributed by atoms with E-state index in [0.717, 1.165) is 38.5 Å². The summed E-state index contributed by atoms with van der Waals surface area (Å²) < 4.78 is 21.9. The maximum atomic E-state index is 12.7. The molecule has 0 radical (unpaired) electrons. The molecule has 3 unspecified atom stereocenters. The molecule has 6 atom stereocenters. The molecule has 1 fully saturated rings. The van der Waals surface area contributed by atoms with Crippen molar-refractivity contribution in [1.82, 2.24) is 0 Å². The lowest BCUT2D eigenvalue weighted by atomic mass is 9.99. The number of unbranched alkanes of at least 4 members (excludes halogenated alkanes) is 9. The molecule has 4 N–H and O–H groups in total. The largest absolute Gasteiger partial charge is 0.462 e. The molecule has 0 aromatic heterocycles. The number of esters is 2. The summed E-state index contributed by atoms with van der Waals surface area (Å²) in [7, 11) is 0. The maximum absolute atomic E-state index is 12.7. The van der Waals surface area contributed by atoms with Gasteiger partial charge in [0, 0.05) is 12.8 Å². The van der Waals surface area contributed by atoms with Crippen LogP contribution in [-0.4, -0.2) is 89.0 Å². The second-order valence-electron chi connectivity index (χ2n) is 12.7. The van der Waals surface area contributed by atoms with Crippen LogP contribution in [0.4, 0.5) is 0 Å². The Morgan fingerprint density at radius 1 is 0.647 bits per heavy atom. The number of aliphatic hydroxyl groups excluding tert-OH is 4. The summed E-state index contributed by atoms with van der Waals surface area (Å²) in [6, 6.07) is 0. The fourth-order valence-electron chi connectivity index (χ4n) is 5.13. The first-order valence-electron chi connectivity index (χ1n) is 19.1. The highest BCUT2D eigenvalue weighted by atomic mass is 16.7. The van der Waals surface area contributed by atoms with E-state index in [1.165, 1.54) is 38.5 Å². The Balaban J connectivity index is 2.49. The van der Waals surface area contributed by atoms with Crippen molar-refractivity contribution in [2.24, 2.45) is 0 Å². The zero-order valence-electron chi connectivity index (χ0n) is 31.1. The van der Waals surface area contributed by atoms with Crippen molar-refractivity contribution in [3.05, 3.63) is 72.9 Å². The second kappa shape index (κ2) is 31.8. The van der Waals surface area contributed by atoms with Crippen LogP contribution in [0.3, 0.4) is 0 Å². The van der Waals surface area contributed by atoms with Crippen LogP contribution < -0.4 is 0 Å². The molecule has 1 aliphatic rings. The quantitative estimate of drug-likeness (QED) is 0.0279. The lowest BCUT2D eigenvalue weighted by Gasteiger charge is -2.39. The van der Waals surface area contributed by atoms with E-state index in [1.807, 2.05) is 48.6 Å². The monoisotopic (exact) mass is 718 g/mol. The van der Waals surface area contributed by atoms with E-state index in [2.05, 4.69) is 38.2 Å². The molecule has 1 heterocycles. The van der Waals surface area contributed by atoms with E-state index in [1.54, 1.807) is 0 Å². The minimum absolute atomic E-state index is 0.156. The van der Waals surface area contributed by atoms with Gasteiger partial charge in [0.1, 0.15) is 31.0 Å². The van der Waals surface area contributed by atoms with Crippen LogP contribution in [0, 0.1) is 0 Å². The maximum Gasteiger partial charge on any atom is 0.306 e. The molecule has 1 saturated heterocycles. The summed E-state index contributed by atoms with van der Waals surface area (Å²) >= 11 is 0. The summed E-state index contributed by atoms with van der Waals surface area (Å²) in [5, 5.41) is 39.9. The number of hydrogen-bond donors (Lipinski definition) is 4. The summed E-state index contributed by atoms with van der Waals surface area (Å²) in [6.07, 6.45) is 30.8. The van der Waals surface area contributed by atoms with Crippen molar-refractivity contribution in [3.63, 3.8) is 0 Å². The number of aliphatic hydroxyl groups is 4. The normalized spacial score (nSPS) is 22.0. The highest BCUT2D eigenvalue weighted by Crippen LogP contribution is 2.22. The molecule has 0 saturated carbocycles. The van der Waals surface area contributed by atoms with Gasteiger partial charge in [0.25, 0.3) is 0 Å². The van der Waals surface area contributed by atoms with Gasteiger partial charge in [-0.25, -0.2) is 0 Å². The Morgan fingerprint density at radius 2 is 1.27 bits per heavy atom. The molecule has 290 valence electrons. The predicted molar refractivity (Wildman–Crippen MR) is 201 cm³/mol. The standard InChI is InChI=1S/C41H66O10/c1-3-5-7-9-11-13-15-17-19-21-23-25-27-29-36(43)48-32-34(33-49-41-40(47)39(46)38(45)35(31-42)51-41)50-37(44)30-28-26-24-22-20-18-16-14-12-10-8-6-4-2/h6,8,10,12,14,16-20,23,25,34-35,38-42,45-47H,3-5,7,9,11,13,15,21-22,24,26-33H2,1-2H3/b8-6+,12-10+,16-14+,19-17+,20-18+,25-23+/t34?,35-,38+,39?,40?,41-/m0/s1. The first kappa shape index (κ1) is 46.2. The minimum Gasteiger partial charge on any atom is -0.462 e. The average molecular weight is 719 g/mol. The van der Waals surface area contributed by atoms with Crippen LogP contribution in [0.2, 0.25) is 0 Å². The first-order chi connectivity index (χ1) is 24.8. The van der Waals surface area contributed by atoms with Crippen molar-refractivity contribution in [2.75, 3.05) is 19.8 Å². The van der Waals surface area contributed by atoms with Gasteiger partial charge in [-0.15, -0.1) is 0 Å². The van der Waals surface area contributed by atoms with Gasteiger partial charge in [0.05, 0.1) is 13.2 Å². The molecule has 0 aliphatic carbocycles. The molecule has 1 rings (SSSR count). The third-order valence-electron chi connectivity index (χ3n) is 8.18. The molecule has 0 spiro atoms. The molecule has 1 aliphatic heterocycles. The zero-order valence-corrected chi connectivity index (χ0v) is 31.1.